The van der Waals surface area contributed by atoms with Crippen LogP contribution in [0.4, 0.5) is 0 Å². The molecule has 0 aromatic carbocycles. The Bertz CT molecular complexity index is 402. The van der Waals surface area contributed by atoms with E-state index in [2.05, 4.69) is 0 Å². The van der Waals surface area contributed by atoms with E-state index in [1.807, 2.05) is 16.8 Å². The molecule has 1 saturated heterocycles. The first kappa shape index (κ1) is 12.1. The highest BCUT2D eigenvalue weighted by molar-refractivity contribution is 7.07. The summed E-state index contributed by atoms with van der Waals surface area (Å²) in [6, 6.07) is 1.39. The van der Waals surface area contributed by atoms with Gasteiger partial charge in [0, 0.05) is 13.0 Å². The van der Waals surface area contributed by atoms with Gasteiger partial charge in [-0.15, -0.1) is 0 Å². The summed E-state index contributed by atoms with van der Waals surface area (Å²) in [4.78, 5) is 24.4. The normalized spacial score (nSPS) is 19.5. The minimum atomic E-state index is -0.883. The van der Waals surface area contributed by atoms with Crippen molar-refractivity contribution in [3.8, 4) is 0 Å². The van der Waals surface area contributed by atoms with Crippen molar-refractivity contribution < 1.29 is 14.7 Å². The van der Waals surface area contributed by atoms with Crippen molar-refractivity contribution in [1.29, 1.82) is 0 Å². The van der Waals surface area contributed by atoms with Gasteiger partial charge >= 0.3 is 5.97 Å². The third-order valence-electron chi connectivity index (χ3n) is 3.07. The van der Waals surface area contributed by atoms with E-state index in [0.29, 0.717) is 25.8 Å². The van der Waals surface area contributed by atoms with Crippen molar-refractivity contribution in [3.05, 3.63) is 22.4 Å². The number of aryl methyl sites for hydroxylation is 1. The lowest BCUT2D eigenvalue weighted by molar-refractivity contribution is -0.148. The maximum Gasteiger partial charge on any atom is 0.326 e. The van der Waals surface area contributed by atoms with Crippen LogP contribution in [0.2, 0.25) is 0 Å². The molecule has 0 bridgehead atoms. The molecule has 1 aromatic heterocycles. The molecule has 0 saturated carbocycles. The van der Waals surface area contributed by atoms with Crippen molar-refractivity contribution in [2.24, 2.45) is 0 Å². The van der Waals surface area contributed by atoms with Crippen LogP contribution in [0, 0.1) is 0 Å². The summed E-state index contributed by atoms with van der Waals surface area (Å²) in [6.07, 6.45) is 2.48. The van der Waals surface area contributed by atoms with Crippen molar-refractivity contribution in [3.63, 3.8) is 0 Å². The van der Waals surface area contributed by atoms with Gasteiger partial charge in [0.15, 0.2) is 0 Å². The number of nitrogens with zero attached hydrogens (tertiary/aromatic N) is 1. The Labute approximate surface area is 104 Å². The molecule has 1 aromatic rings. The van der Waals surface area contributed by atoms with Crippen LogP contribution in [0.5, 0.6) is 0 Å². The summed E-state index contributed by atoms with van der Waals surface area (Å²) in [6.45, 7) is 0.583. The highest BCUT2D eigenvalue weighted by Crippen LogP contribution is 2.19. The summed E-state index contributed by atoms with van der Waals surface area (Å²) >= 11 is 1.61. The molecule has 1 fully saturated rings. The molecule has 1 N–H and O–H groups in total. The van der Waals surface area contributed by atoms with Gasteiger partial charge in [-0.05, 0) is 41.7 Å². The van der Waals surface area contributed by atoms with Crippen LogP contribution in [-0.2, 0) is 16.0 Å². The Balaban J connectivity index is 1.89. The number of amides is 1. The molecular formula is C12H15NO3S. The molecule has 17 heavy (non-hydrogen) atoms. The van der Waals surface area contributed by atoms with E-state index in [0.717, 1.165) is 12.0 Å². The molecule has 0 aliphatic carbocycles. The third kappa shape index (κ3) is 2.85. The zero-order valence-electron chi connectivity index (χ0n) is 9.46. The second-order valence-electron chi connectivity index (χ2n) is 4.21. The van der Waals surface area contributed by atoms with Gasteiger partial charge in [-0.2, -0.15) is 11.3 Å². The van der Waals surface area contributed by atoms with Crippen LogP contribution >= 0.6 is 11.3 Å². The fourth-order valence-corrected chi connectivity index (χ4v) is 2.85. The fourth-order valence-electron chi connectivity index (χ4n) is 2.15. The van der Waals surface area contributed by atoms with Gasteiger partial charge in [0.05, 0.1) is 0 Å². The summed E-state index contributed by atoms with van der Waals surface area (Å²) in [5.41, 5.74) is 1.15. The smallest absolute Gasteiger partial charge is 0.326 e. The van der Waals surface area contributed by atoms with Crippen LogP contribution < -0.4 is 0 Å². The number of rotatable bonds is 4. The quantitative estimate of drug-likeness (QED) is 0.889. The van der Waals surface area contributed by atoms with Crippen LogP contribution in [0.3, 0.4) is 0 Å². The van der Waals surface area contributed by atoms with Gasteiger partial charge in [-0.25, -0.2) is 4.79 Å². The van der Waals surface area contributed by atoms with E-state index in [-0.39, 0.29) is 5.91 Å². The monoisotopic (exact) mass is 253 g/mol. The lowest BCUT2D eigenvalue weighted by Crippen LogP contribution is -2.40. The molecule has 2 rings (SSSR count). The van der Waals surface area contributed by atoms with Gasteiger partial charge < -0.3 is 10.0 Å². The van der Waals surface area contributed by atoms with Gasteiger partial charge in [0.2, 0.25) is 5.91 Å². The summed E-state index contributed by atoms with van der Waals surface area (Å²) in [5, 5.41) is 13.0. The predicted octanol–water partition coefficient (Wildman–Crippen LogP) is 1.76. The Morgan fingerprint density at radius 3 is 3.00 bits per heavy atom. The molecule has 0 spiro atoms. The number of carbonyl (C=O) groups excluding carboxylic acids is 1. The van der Waals surface area contributed by atoms with Crippen molar-refractivity contribution in [2.45, 2.75) is 31.7 Å². The van der Waals surface area contributed by atoms with Crippen LogP contribution in [0.25, 0.3) is 0 Å². The zero-order valence-corrected chi connectivity index (χ0v) is 10.3. The number of hydrogen-bond acceptors (Lipinski definition) is 3. The largest absolute Gasteiger partial charge is 0.480 e. The third-order valence-corrected chi connectivity index (χ3v) is 3.80. The number of carbonyl (C=O) groups is 2. The summed E-state index contributed by atoms with van der Waals surface area (Å²) in [5.74, 6) is -0.924. The minimum absolute atomic E-state index is 0.0406. The van der Waals surface area contributed by atoms with E-state index < -0.39 is 12.0 Å². The summed E-state index contributed by atoms with van der Waals surface area (Å²) < 4.78 is 0. The predicted molar refractivity (Wildman–Crippen MR) is 65.0 cm³/mol. The molecule has 92 valence electrons. The molecule has 0 radical (unpaired) electrons. The summed E-state index contributed by atoms with van der Waals surface area (Å²) in [7, 11) is 0. The molecule has 4 nitrogen and oxygen atoms in total. The molecule has 1 aliphatic heterocycles. The van der Waals surface area contributed by atoms with Crippen molar-refractivity contribution in [1.82, 2.24) is 4.90 Å². The van der Waals surface area contributed by atoms with Crippen molar-refractivity contribution >= 4 is 23.2 Å². The molecule has 5 heteroatoms. The second-order valence-corrected chi connectivity index (χ2v) is 5.00. The fraction of sp³-hybridized carbons (Fsp3) is 0.500. The molecule has 0 unspecified atom stereocenters. The molecule has 1 atom stereocenters. The molecule has 1 amide bonds. The Morgan fingerprint density at radius 1 is 1.53 bits per heavy atom. The first-order chi connectivity index (χ1) is 8.18. The molecular weight excluding hydrogens is 238 g/mol. The number of carboxylic acids is 1. The lowest BCUT2D eigenvalue weighted by atomic mass is 10.1. The average Bonchev–Trinajstić information content (AvgIpc) is 2.96. The second kappa shape index (κ2) is 5.31. The number of thiophene rings is 1. The van der Waals surface area contributed by atoms with Crippen LogP contribution in [0.15, 0.2) is 16.8 Å². The Morgan fingerprint density at radius 2 is 2.35 bits per heavy atom. The number of carboxylic acid groups (broad SMARTS) is 1. The first-order valence-electron chi connectivity index (χ1n) is 5.72. The van der Waals surface area contributed by atoms with E-state index in [4.69, 9.17) is 5.11 Å². The first-order valence-corrected chi connectivity index (χ1v) is 6.66. The maximum absolute atomic E-state index is 11.9. The highest BCUT2D eigenvalue weighted by atomic mass is 32.1. The Hall–Kier alpha value is -1.36. The topological polar surface area (TPSA) is 57.6 Å². The molecule has 1 aliphatic rings. The number of aliphatic carboxylic acids is 1. The van der Waals surface area contributed by atoms with E-state index >= 15 is 0 Å². The van der Waals surface area contributed by atoms with Gasteiger partial charge in [-0.1, -0.05) is 0 Å². The van der Waals surface area contributed by atoms with Gasteiger partial charge in [0.25, 0.3) is 0 Å². The van der Waals surface area contributed by atoms with E-state index in [1.165, 1.54) is 4.90 Å². The van der Waals surface area contributed by atoms with Gasteiger partial charge in [-0.3, -0.25) is 4.79 Å². The standard InChI is InChI=1S/C12H15NO3S/c14-11(4-3-9-5-7-17-8-9)13-6-1-2-10(13)12(15)16/h5,7-8,10H,1-4,6H2,(H,15,16)/t10-/m1/s1. The Kier molecular flexibility index (Phi) is 3.78. The van der Waals surface area contributed by atoms with Crippen LogP contribution in [-0.4, -0.2) is 34.5 Å². The van der Waals surface area contributed by atoms with Gasteiger partial charge in [0.1, 0.15) is 6.04 Å². The SMILES string of the molecule is O=C(O)[C@H]1CCCN1C(=O)CCc1ccsc1. The highest BCUT2D eigenvalue weighted by Gasteiger charge is 2.33. The minimum Gasteiger partial charge on any atom is -0.480 e. The van der Waals surface area contributed by atoms with Crippen LogP contribution in [0.1, 0.15) is 24.8 Å². The van der Waals surface area contributed by atoms with Crippen molar-refractivity contribution in [2.75, 3.05) is 6.54 Å². The van der Waals surface area contributed by atoms with E-state index in [1.54, 1.807) is 11.3 Å². The number of likely N-dealkylation sites (tertiary alicyclic amines) is 1. The lowest BCUT2D eigenvalue weighted by Gasteiger charge is -2.21. The average molecular weight is 253 g/mol. The zero-order chi connectivity index (χ0) is 12.3. The molecule has 2 heterocycles. The van der Waals surface area contributed by atoms with E-state index in [9.17, 15) is 9.59 Å². The number of hydrogen-bond donors (Lipinski definition) is 1. The maximum atomic E-state index is 11.9.